The molecule has 2 N–H and O–H groups in total. The molecule has 0 atom stereocenters. The van der Waals surface area contributed by atoms with Gasteiger partial charge in [-0.25, -0.2) is 0 Å². The van der Waals surface area contributed by atoms with Gasteiger partial charge in [-0.3, -0.25) is 4.79 Å². The molecule has 0 amide bonds. The summed E-state index contributed by atoms with van der Waals surface area (Å²) in [4.78, 5) is 11.8. The van der Waals surface area contributed by atoms with Crippen LogP contribution in [0.4, 0.5) is 0 Å². The Labute approximate surface area is 89.6 Å². The lowest BCUT2D eigenvalue weighted by Gasteiger charge is -2.05. The second-order valence-electron chi connectivity index (χ2n) is 4.38. The van der Waals surface area contributed by atoms with Gasteiger partial charge in [0.25, 0.3) is 0 Å². The molecule has 0 spiro atoms. The van der Waals surface area contributed by atoms with E-state index in [-0.39, 0.29) is 18.2 Å². The molecule has 0 saturated heterocycles. The van der Waals surface area contributed by atoms with Crippen molar-refractivity contribution < 1.29 is 9.21 Å². The molecular weight excluding hydrogens is 190 g/mol. The van der Waals surface area contributed by atoms with Crippen LogP contribution in [0.1, 0.15) is 53.6 Å². The molecule has 1 heterocycles. The molecule has 0 bridgehead atoms. The number of furan rings is 1. The molecule has 1 aliphatic carbocycles. The first kappa shape index (κ1) is 10.4. The number of ketones is 1. The lowest BCUT2D eigenvalue weighted by Crippen LogP contribution is -2.16. The summed E-state index contributed by atoms with van der Waals surface area (Å²) in [5.74, 6) is 2.11. The predicted molar refractivity (Wildman–Crippen MR) is 58.2 cm³/mol. The lowest BCUT2D eigenvalue weighted by molar-refractivity contribution is 0.0998. The molecule has 3 nitrogen and oxygen atoms in total. The SMILES string of the molecule is CC(C)c1oc2c(c1C(=O)CN)CCC2. The highest BCUT2D eigenvalue weighted by Crippen LogP contribution is 2.34. The van der Waals surface area contributed by atoms with Gasteiger partial charge in [-0.2, -0.15) is 0 Å². The number of hydrogen-bond acceptors (Lipinski definition) is 3. The summed E-state index contributed by atoms with van der Waals surface area (Å²) >= 11 is 0. The Bertz CT molecular complexity index is 391. The second kappa shape index (κ2) is 3.81. The fourth-order valence-electron chi connectivity index (χ4n) is 2.24. The van der Waals surface area contributed by atoms with Gasteiger partial charge in [-0.15, -0.1) is 0 Å². The minimum Gasteiger partial charge on any atom is -0.465 e. The van der Waals surface area contributed by atoms with E-state index in [1.807, 2.05) is 13.8 Å². The number of aryl methyl sites for hydroxylation is 1. The molecule has 0 aromatic carbocycles. The fraction of sp³-hybridized carbons (Fsp3) is 0.583. The highest BCUT2D eigenvalue weighted by Gasteiger charge is 2.28. The van der Waals surface area contributed by atoms with E-state index >= 15 is 0 Å². The van der Waals surface area contributed by atoms with Crippen molar-refractivity contribution in [2.24, 2.45) is 5.73 Å². The Morgan fingerprint density at radius 1 is 1.47 bits per heavy atom. The Balaban J connectivity index is 2.52. The molecule has 1 aliphatic rings. The number of carbonyl (C=O) groups excluding carboxylic acids is 1. The van der Waals surface area contributed by atoms with Crippen molar-refractivity contribution in [3.63, 3.8) is 0 Å². The van der Waals surface area contributed by atoms with E-state index in [0.29, 0.717) is 0 Å². The smallest absolute Gasteiger partial charge is 0.180 e. The van der Waals surface area contributed by atoms with E-state index in [0.717, 1.165) is 41.9 Å². The number of Topliss-reactive ketones (excluding diaryl/α,β-unsaturated/α-hetero) is 1. The maximum Gasteiger partial charge on any atom is 0.180 e. The Morgan fingerprint density at radius 2 is 2.20 bits per heavy atom. The lowest BCUT2D eigenvalue weighted by atomic mass is 9.99. The molecule has 1 aromatic heterocycles. The van der Waals surface area contributed by atoms with Gasteiger partial charge in [0.15, 0.2) is 5.78 Å². The molecular formula is C12H17NO2. The van der Waals surface area contributed by atoms with Gasteiger partial charge in [0.2, 0.25) is 0 Å². The first-order chi connectivity index (χ1) is 7.15. The van der Waals surface area contributed by atoms with Crippen LogP contribution in [0.25, 0.3) is 0 Å². The topological polar surface area (TPSA) is 56.2 Å². The summed E-state index contributed by atoms with van der Waals surface area (Å²) in [5, 5.41) is 0. The highest BCUT2D eigenvalue weighted by atomic mass is 16.3. The van der Waals surface area contributed by atoms with Gasteiger partial charge >= 0.3 is 0 Å². The van der Waals surface area contributed by atoms with E-state index < -0.39 is 0 Å². The van der Waals surface area contributed by atoms with Crippen molar-refractivity contribution in [3.05, 3.63) is 22.6 Å². The van der Waals surface area contributed by atoms with Gasteiger partial charge in [0.1, 0.15) is 11.5 Å². The average molecular weight is 207 g/mol. The molecule has 2 rings (SSSR count). The van der Waals surface area contributed by atoms with Crippen molar-refractivity contribution in [2.75, 3.05) is 6.54 Å². The Morgan fingerprint density at radius 3 is 2.80 bits per heavy atom. The zero-order valence-electron chi connectivity index (χ0n) is 9.30. The van der Waals surface area contributed by atoms with E-state index in [9.17, 15) is 4.79 Å². The number of nitrogens with two attached hydrogens (primary N) is 1. The molecule has 0 radical (unpaired) electrons. The van der Waals surface area contributed by atoms with Gasteiger partial charge in [0.05, 0.1) is 12.1 Å². The van der Waals surface area contributed by atoms with Crippen LogP contribution in [0.15, 0.2) is 4.42 Å². The normalized spacial score (nSPS) is 14.7. The summed E-state index contributed by atoms with van der Waals surface area (Å²) < 4.78 is 5.77. The van der Waals surface area contributed by atoms with Gasteiger partial charge in [0, 0.05) is 17.9 Å². The van der Waals surface area contributed by atoms with Crippen LogP contribution in [0.2, 0.25) is 0 Å². The molecule has 0 unspecified atom stereocenters. The molecule has 0 aliphatic heterocycles. The van der Waals surface area contributed by atoms with E-state index in [2.05, 4.69) is 0 Å². The van der Waals surface area contributed by atoms with Crippen molar-refractivity contribution in [3.8, 4) is 0 Å². The largest absolute Gasteiger partial charge is 0.465 e. The van der Waals surface area contributed by atoms with E-state index in [1.165, 1.54) is 0 Å². The molecule has 82 valence electrons. The first-order valence-corrected chi connectivity index (χ1v) is 5.52. The summed E-state index contributed by atoms with van der Waals surface area (Å²) in [5.41, 5.74) is 7.33. The minimum absolute atomic E-state index is 0.0191. The zero-order chi connectivity index (χ0) is 11.0. The standard InChI is InChI=1S/C12H17NO2/c1-7(2)12-11(9(14)6-13)8-4-3-5-10(8)15-12/h7H,3-6,13H2,1-2H3. The number of rotatable bonds is 3. The predicted octanol–water partition coefficient (Wildman–Crippen LogP) is 2.03. The van der Waals surface area contributed by atoms with Crippen molar-refractivity contribution in [1.82, 2.24) is 0 Å². The second-order valence-corrected chi connectivity index (χ2v) is 4.38. The maximum atomic E-state index is 11.8. The zero-order valence-corrected chi connectivity index (χ0v) is 9.30. The molecule has 1 aromatic rings. The van der Waals surface area contributed by atoms with Crippen molar-refractivity contribution in [2.45, 2.75) is 39.0 Å². The molecule has 0 saturated carbocycles. The van der Waals surface area contributed by atoms with Crippen LogP contribution < -0.4 is 5.73 Å². The molecule has 3 heteroatoms. The van der Waals surface area contributed by atoms with Gasteiger partial charge < -0.3 is 10.2 Å². The van der Waals surface area contributed by atoms with E-state index in [4.69, 9.17) is 10.2 Å². The molecule has 0 fully saturated rings. The Kier molecular flexibility index (Phi) is 2.65. The monoisotopic (exact) mass is 207 g/mol. The van der Waals surface area contributed by atoms with Crippen LogP contribution >= 0.6 is 0 Å². The van der Waals surface area contributed by atoms with Crippen LogP contribution in [0.3, 0.4) is 0 Å². The Hall–Kier alpha value is -1.09. The van der Waals surface area contributed by atoms with Crippen LogP contribution in [-0.4, -0.2) is 12.3 Å². The number of carbonyl (C=O) groups is 1. The van der Waals surface area contributed by atoms with Crippen LogP contribution in [0, 0.1) is 0 Å². The summed E-state index contributed by atoms with van der Waals surface area (Å²) in [6, 6.07) is 0. The van der Waals surface area contributed by atoms with Gasteiger partial charge in [-0.1, -0.05) is 13.8 Å². The van der Waals surface area contributed by atoms with Crippen LogP contribution in [-0.2, 0) is 12.8 Å². The maximum absolute atomic E-state index is 11.8. The third-order valence-electron chi connectivity index (χ3n) is 2.94. The van der Waals surface area contributed by atoms with Crippen molar-refractivity contribution in [1.29, 1.82) is 0 Å². The summed E-state index contributed by atoms with van der Waals surface area (Å²) in [6.07, 6.45) is 3.02. The first-order valence-electron chi connectivity index (χ1n) is 5.52. The third kappa shape index (κ3) is 1.61. The average Bonchev–Trinajstić information content (AvgIpc) is 2.74. The van der Waals surface area contributed by atoms with E-state index in [1.54, 1.807) is 0 Å². The quantitative estimate of drug-likeness (QED) is 0.771. The summed E-state index contributed by atoms with van der Waals surface area (Å²) in [7, 11) is 0. The third-order valence-corrected chi connectivity index (χ3v) is 2.94. The van der Waals surface area contributed by atoms with Gasteiger partial charge in [-0.05, 0) is 12.8 Å². The number of hydrogen-bond donors (Lipinski definition) is 1. The minimum atomic E-state index is 0.0191. The fourth-order valence-corrected chi connectivity index (χ4v) is 2.24. The summed E-state index contributed by atoms with van der Waals surface area (Å²) in [6.45, 7) is 4.16. The highest BCUT2D eigenvalue weighted by molar-refractivity contribution is 6.00. The molecule has 15 heavy (non-hydrogen) atoms. The van der Waals surface area contributed by atoms with Crippen molar-refractivity contribution >= 4 is 5.78 Å². The number of fused-ring (bicyclic) bond motifs is 1. The van der Waals surface area contributed by atoms with Crippen LogP contribution in [0.5, 0.6) is 0 Å².